The maximum atomic E-state index is 3.78. The normalized spacial score (nSPS) is 32.2. The van der Waals surface area contributed by atoms with Gasteiger partial charge in [0.05, 0.1) is 0 Å². The van der Waals surface area contributed by atoms with Crippen LogP contribution in [0.15, 0.2) is 12.2 Å². The van der Waals surface area contributed by atoms with E-state index in [4.69, 9.17) is 0 Å². The Balaban J connectivity index is 2.00. The third-order valence-electron chi connectivity index (χ3n) is 4.21. The zero-order valence-corrected chi connectivity index (χ0v) is 11.9. The van der Waals surface area contributed by atoms with E-state index >= 15 is 0 Å². The first-order valence-electron chi connectivity index (χ1n) is 7.11. The Morgan fingerprint density at radius 1 is 1.29 bits per heavy atom. The maximum Gasteiger partial charge on any atom is 0.0273 e. The molecule has 0 amide bonds. The molecule has 2 rings (SSSR count). The van der Waals surface area contributed by atoms with Crippen molar-refractivity contribution in [3.63, 3.8) is 0 Å². The number of hydrogen-bond acceptors (Lipinski definition) is 2. The summed E-state index contributed by atoms with van der Waals surface area (Å²) >= 11 is 0. The van der Waals surface area contributed by atoms with Gasteiger partial charge in [0, 0.05) is 31.7 Å². The number of nitrogens with one attached hydrogen (secondary N) is 1. The molecule has 2 nitrogen and oxygen atoms in total. The van der Waals surface area contributed by atoms with Gasteiger partial charge in [0.15, 0.2) is 0 Å². The summed E-state index contributed by atoms with van der Waals surface area (Å²) in [6, 6.07) is 1.41. The van der Waals surface area contributed by atoms with E-state index < -0.39 is 0 Å². The molecule has 2 atom stereocenters. The van der Waals surface area contributed by atoms with Gasteiger partial charge in [0.25, 0.3) is 0 Å². The largest absolute Gasteiger partial charge is 0.311 e. The number of allylic oxidation sites excluding steroid dienone is 1. The van der Waals surface area contributed by atoms with Crippen molar-refractivity contribution in [2.75, 3.05) is 19.6 Å². The van der Waals surface area contributed by atoms with Crippen LogP contribution in [0.3, 0.4) is 0 Å². The van der Waals surface area contributed by atoms with Crippen molar-refractivity contribution >= 4 is 0 Å². The number of hydrogen-bond donors (Lipinski definition) is 1. The van der Waals surface area contributed by atoms with Crippen molar-refractivity contribution in [3.05, 3.63) is 12.2 Å². The lowest BCUT2D eigenvalue weighted by molar-refractivity contribution is 0.0612. The number of rotatable bonds is 3. The van der Waals surface area contributed by atoms with Gasteiger partial charge in [0.2, 0.25) is 0 Å². The van der Waals surface area contributed by atoms with Crippen molar-refractivity contribution in [2.24, 2.45) is 11.3 Å². The lowest BCUT2D eigenvalue weighted by atomic mass is 9.83. The summed E-state index contributed by atoms with van der Waals surface area (Å²) in [6.07, 6.45) is 7.35. The molecule has 98 valence electrons. The van der Waals surface area contributed by atoms with Gasteiger partial charge in [0.1, 0.15) is 0 Å². The average Bonchev–Trinajstić information content (AvgIpc) is 3.08. The van der Waals surface area contributed by atoms with E-state index in [9.17, 15) is 0 Å². The van der Waals surface area contributed by atoms with Crippen LogP contribution < -0.4 is 5.32 Å². The van der Waals surface area contributed by atoms with Crippen molar-refractivity contribution < 1.29 is 0 Å². The van der Waals surface area contributed by atoms with Crippen LogP contribution in [-0.4, -0.2) is 36.6 Å². The van der Waals surface area contributed by atoms with E-state index in [-0.39, 0.29) is 0 Å². The lowest BCUT2D eigenvalue weighted by Crippen LogP contribution is -2.61. The average molecular weight is 236 g/mol. The molecule has 0 bridgehead atoms. The highest BCUT2D eigenvalue weighted by Gasteiger charge is 2.40. The van der Waals surface area contributed by atoms with Crippen molar-refractivity contribution in [3.8, 4) is 0 Å². The molecule has 1 saturated heterocycles. The van der Waals surface area contributed by atoms with Crippen LogP contribution in [0.5, 0.6) is 0 Å². The van der Waals surface area contributed by atoms with Gasteiger partial charge >= 0.3 is 0 Å². The summed E-state index contributed by atoms with van der Waals surface area (Å²) in [5.74, 6) is 0.962. The zero-order valence-electron chi connectivity index (χ0n) is 11.9. The molecule has 0 aromatic rings. The van der Waals surface area contributed by atoms with E-state index in [2.05, 4.69) is 50.1 Å². The predicted octanol–water partition coefficient (Wildman–Crippen LogP) is 2.66. The third-order valence-corrected chi connectivity index (χ3v) is 4.21. The molecular formula is C15H28N2. The molecule has 1 heterocycles. The summed E-state index contributed by atoms with van der Waals surface area (Å²) in [7, 11) is 0. The van der Waals surface area contributed by atoms with E-state index in [0.717, 1.165) is 25.0 Å². The molecule has 0 spiro atoms. The first-order valence-corrected chi connectivity index (χ1v) is 7.11. The van der Waals surface area contributed by atoms with Gasteiger partial charge in [-0.1, -0.05) is 32.9 Å². The van der Waals surface area contributed by atoms with Crippen LogP contribution in [-0.2, 0) is 0 Å². The molecule has 2 aliphatic rings. The smallest absolute Gasteiger partial charge is 0.0273 e. The Labute approximate surface area is 106 Å². The fourth-order valence-corrected chi connectivity index (χ4v) is 2.95. The summed E-state index contributed by atoms with van der Waals surface area (Å²) in [6.45, 7) is 12.7. The third kappa shape index (κ3) is 3.32. The fourth-order valence-electron chi connectivity index (χ4n) is 2.95. The molecule has 1 saturated carbocycles. The fraction of sp³-hybridized carbons (Fsp3) is 0.867. The Morgan fingerprint density at radius 3 is 2.53 bits per heavy atom. The van der Waals surface area contributed by atoms with Crippen LogP contribution in [0.4, 0.5) is 0 Å². The first-order chi connectivity index (χ1) is 8.02. The van der Waals surface area contributed by atoms with E-state index in [0.29, 0.717) is 11.5 Å². The second-order valence-corrected chi connectivity index (χ2v) is 6.76. The van der Waals surface area contributed by atoms with Crippen LogP contribution in [0.2, 0.25) is 0 Å². The van der Waals surface area contributed by atoms with Crippen molar-refractivity contribution in [1.29, 1.82) is 0 Å². The molecule has 2 fully saturated rings. The summed E-state index contributed by atoms with van der Waals surface area (Å²) in [4.78, 5) is 2.68. The zero-order chi connectivity index (χ0) is 12.5. The van der Waals surface area contributed by atoms with E-state index in [1.54, 1.807) is 0 Å². The Bertz CT molecular complexity index is 273. The highest BCUT2D eigenvalue weighted by atomic mass is 15.2. The Kier molecular flexibility index (Phi) is 3.94. The molecule has 1 N–H and O–H groups in total. The molecule has 0 aromatic carbocycles. The van der Waals surface area contributed by atoms with Crippen molar-refractivity contribution in [1.82, 2.24) is 10.2 Å². The second kappa shape index (κ2) is 5.11. The predicted molar refractivity (Wildman–Crippen MR) is 74.1 cm³/mol. The van der Waals surface area contributed by atoms with Crippen LogP contribution in [0.1, 0.15) is 40.5 Å². The van der Waals surface area contributed by atoms with Crippen molar-refractivity contribution in [2.45, 2.75) is 52.6 Å². The summed E-state index contributed by atoms with van der Waals surface area (Å²) < 4.78 is 0. The van der Waals surface area contributed by atoms with Crippen LogP contribution in [0, 0.1) is 11.3 Å². The van der Waals surface area contributed by atoms with Gasteiger partial charge in [-0.25, -0.2) is 0 Å². The van der Waals surface area contributed by atoms with Gasteiger partial charge in [-0.05, 0) is 31.1 Å². The molecule has 1 aliphatic carbocycles. The van der Waals surface area contributed by atoms with E-state index in [1.807, 2.05) is 0 Å². The van der Waals surface area contributed by atoms with Gasteiger partial charge in [-0.3, -0.25) is 4.90 Å². The molecule has 17 heavy (non-hydrogen) atoms. The van der Waals surface area contributed by atoms with Gasteiger partial charge in [-0.2, -0.15) is 0 Å². The van der Waals surface area contributed by atoms with Crippen LogP contribution in [0.25, 0.3) is 0 Å². The first kappa shape index (κ1) is 13.1. The summed E-state index contributed by atoms with van der Waals surface area (Å²) in [5.41, 5.74) is 0.364. The topological polar surface area (TPSA) is 15.3 Å². The Hall–Kier alpha value is -0.340. The van der Waals surface area contributed by atoms with Gasteiger partial charge < -0.3 is 5.32 Å². The highest BCUT2D eigenvalue weighted by molar-refractivity contribution is 4.99. The second-order valence-electron chi connectivity index (χ2n) is 6.76. The quantitative estimate of drug-likeness (QED) is 0.758. The molecule has 2 heteroatoms. The maximum absolute atomic E-state index is 3.78. The minimum absolute atomic E-state index is 0.364. The lowest BCUT2D eigenvalue weighted by Gasteiger charge is -2.46. The molecular weight excluding hydrogens is 208 g/mol. The highest BCUT2D eigenvalue weighted by Crippen LogP contribution is 2.36. The summed E-state index contributed by atoms with van der Waals surface area (Å²) in [5, 5.41) is 3.78. The van der Waals surface area contributed by atoms with Crippen LogP contribution >= 0.6 is 0 Å². The number of nitrogens with zero attached hydrogens (tertiary/aromatic N) is 1. The molecule has 2 unspecified atom stereocenters. The standard InChI is InChI=1S/C15H28N2/c1-5-6-9-17-11-13(12-7-8-12)16-10-14(17)15(2,3)4/h5-6,12-14,16H,7-11H2,1-4H3/b6-5+. The van der Waals surface area contributed by atoms with E-state index in [1.165, 1.54) is 19.4 Å². The monoisotopic (exact) mass is 236 g/mol. The number of piperazine rings is 1. The minimum Gasteiger partial charge on any atom is -0.311 e. The SMILES string of the molecule is C/C=C/CN1CC(C2CC2)NCC1C(C)(C)C. The van der Waals surface area contributed by atoms with Gasteiger partial charge in [-0.15, -0.1) is 0 Å². The molecule has 1 aliphatic heterocycles. The molecule has 0 radical (unpaired) electrons. The Morgan fingerprint density at radius 2 is 2.00 bits per heavy atom. The molecule has 0 aromatic heterocycles. The minimum atomic E-state index is 0.364.